The van der Waals surface area contributed by atoms with Crippen LogP contribution in [0.15, 0.2) is 16.0 Å². The van der Waals surface area contributed by atoms with Crippen LogP contribution in [0.1, 0.15) is 42.6 Å². The van der Waals surface area contributed by atoms with Crippen LogP contribution in [0, 0.1) is 6.92 Å². The minimum absolute atomic E-state index is 0.0719. The van der Waals surface area contributed by atoms with E-state index in [4.69, 9.17) is 4.42 Å². The Morgan fingerprint density at radius 3 is 3.00 bits per heavy atom. The van der Waals surface area contributed by atoms with Gasteiger partial charge in [-0.1, -0.05) is 6.92 Å². The molecule has 6 nitrogen and oxygen atoms in total. The molecule has 0 saturated carbocycles. The summed E-state index contributed by atoms with van der Waals surface area (Å²) < 4.78 is 5.67. The van der Waals surface area contributed by atoms with E-state index in [1.165, 1.54) is 0 Å². The van der Waals surface area contributed by atoms with E-state index in [1.54, 1.807) is 24.5 Å². The van der Waals surface area contributed by atoms with Crippen molar-refractivity contribution in [1.29, 1.82) is 0 Å². The number of aromatic nitrogens is 2. The summed E-state index contributed by atoms with van der Waals surface area (Å²) in [6, 6.07) is 0.208. The molecule has 0 N–H and O–H groups in total. The van der Waals surface area contributed by atoms with Gasteiger partial charge in [-0.3, -0.25) is 9.69 Å². The third-order valence-corrected chi connectivity index (χ3v) is 5.22. The number of nitrogens with zero attached hydrogens (tertiary/aromatic N) is 4. The second kappa shape index (κ2) is 7.44. The standard InChI is InChI=1S/C17H24N4O2S/c1-4-16-7-18-17(23-16)10-21(13(3)22)15-5-6-20(9-15)8-14-11-24-12(2)19-14/h7,11,15H,4-6,8-10H2,1-3H3/t15-/m0/s1. The van der Waals surface area contributed by atoms with Crippen LogP contribution in [0.25, 0.3) is 0 Å². The molecule has 0 aliphatic carbocycles. The molecule has 24 heavy (non-hydrogen) atoms. The van der Waals surface area contributed by atoms with Crippen LogP contribution < -0.4 is 0 Å². The summed E-state index contributed by atoms with van der Waals surface area (Å²) in [5.74, 6) is 1.55. The predicted molar refractivity (Wildman–Crippen MR) is 92.6 cm³/mol. The largest absolute Gasteiger partial charge is 0.444 e. The van der Waals surface area contributed by atoms with Gasteiger partial charge < -0.3 is 9.32 Å². The quantitative estimate of drug-likeness (QED) is 0.803. The monoisotopic (exact) mass is 348 g/mol. The smallest absolute Gasteiger partial charge is 0.220 e. The van der Waals surface area contributed by atoms with Gasteiger partial charge in [-0.05, 0) is 13.3 Å². The van der Waals surface area contributed by atoms with Crippen LogP contribution in [-0.4, -0.2) is 44.8 Å². The van der Waals surface area contributed by atoms with E-state index in [0.717, 1.165) is 48.9 Å². The zero-order valence-electron chi connectivity index (χ0n) is 14.5. The Labute approximate surface area is 146 Å². The maximum atomic E-state index is 12.1. The summed E-state index contributed by atoms with van der Waals surface area (Å²) in [5, 5.41) is 3.21. The number of oxazole rings is 1. The molecule has 1 atom stereocenters. The van der Waals surface area contributed by atoms with E-state index in [9.17, 15) is 4.79 Å². The zero-order chi connectivity index (χ0) is 17.1. The summed E-state index contributed by atoms with van der Waals surface area (Å²) >= 11 is 1.68. The number of likely N-dealkylation sites (tertiary alicyclic amines) is 1. The molecule has 3 rings (SSSR count). The van der Waals surface area contributed by atoms with Gasteiger partial charge in [0.2, 0.25) is 11.8 Å². The van der Waals surface area contributed by atoms with Gasteiger partial charge in [-0.25, -0.2) is 9.97 Å². The first kappa shape index (κ1) is 17.1. The van der Waals surface area contributed by atoms with Gasteiger partial charge in [0.15, 0.2) is 0 Å². The van der Waals surface area contributed by atoms with E-state index >= 15 is 0 Å². The van der Waals surface area contributed by atoms with Crippen LogP contribution in [-0.2, 0) is 24.3 Å². The second-order valence-electron chi connectivity index (χ2n) is 6.26. The van der Waals surface area contributed by atoms with Crippen molar-refractivity contribution < 1.29 is 9.21 Å². The van der Waals surface area contributed by atoms with Crippen molar-refractivity contribution in [3.63, 3.8) is 0 Å². The van der Waals surface area contributed by atoms with Crippen molar-refractivity contribution in [3.05, 3.63) is 33.9 Å². The summed E-state index contributed by atoms with van der Waals surface area (Å²) in [7, 11) is 0. The van der Waals surface area contributed by atoms with Crippen LogP contribution >= 0.6 is 11.3 Å². The molecule has 0 radical (unpaired) electrons. The number of carbonyl (C=O) groups excluding carboxylic acids is 1. The predicted octanol–water partition coefficient (Wildman–Crippen LogP) is 2.62. The second-order valence-corrected chi connectivity index (χ2v) is 7.32. The van der Waals surface area contributed by atoms with Crippen molar-refractivity contribution >= 4 is 17.2 Å². The van der Waals surface area contributed by atoms with Gasteiger partial charge >= 0.3 is 0 Å². The molecule has 0 spiro atoms. The molecule has 1 saturated heterocycles. The molecule has 1 aliphatic heterocycles. The van der Waals surface area contributed by atoms with Crippen LogP contribution in [0.3, 0.4) is 0 Å². The minimum Gasteiger partial charge on any atom is -0.444 e. The fraction of sp³-hybridized carbons (Fsp3) is 0.588. The lowest BCUT2D eigenvalue weighted by molar-refractivity contribution is -0.132. The van der Waals surface area contributed by atoms with Crippen LogP contribution in [0.5, 0.6) is 0 Å². The zero-order valence-corrected chi connectivity index (χ0v) is 15.3. The number of aryl methyl sites for hydroxylation is 2. The molecule has 1 amide bonds. The lowest BCUT2D eigenvalue weighted by Gasteiger charge is -2.26. The van der Waals surface area contributed by atoms with Crippen molar-refractivity contribution in [3.8, 4) is 0 Å². The number of amides is 1. The Bertz CT molecular complexity index is 696. The van der Waals surface area contributed by atoms with E-state index in [0.29, 0.717) is 12.4 Å². The molecule has 0 bridgehead atoms. The van der Waals surface area contributed by atoms with Crippen molar-refractivity contribution in [2.24, 2.45) is 0 Å². The highest BCUT2D eigenvalue weighted by atomic mass is 32.1. The van der Waals surface area contributed by atoms with Gasteiger partial charge in [-0.2, -0.15) is 0 Å². The average molecular weight is 348 g/mol. The van der Waals surface area contributed by atoms with Gasteiger partial charge in [0, 0.05) is 44.4 Å². The van der Waals surface area contributed by atoms with Gasteiger partial charge in [0.25, 0.3) is 0 Å². The molecule has 7 heteroatoms. The first-order valence-electron chi connectivity index (χ1n) is 8.39. The third kappa shape index (κ3) is 4.02. The Morgan fingerprint density at radius 1 is 1.54 bits per heavy atom. The lowest BCUT2D eigenvalue weighted by Crippen LogP contribution is -2.40. The normalized spacial score (nSPS) is 18.2. The fourth-order valence-corrected chi connectivity index (χ4v) is 3.75. The average Bonchev–Trinajstić information content (AvgIpc) is 3.26. The van der Waals surface area contributed by atoms with Crippen molar-refractivity contribution in [2.75, 3.05) is 13.1 Å². The maximum Gasteiger partial charge on any atom is 0.220 e. The number of hydrogen-bond acceptors (Lipinski definition) is 6. The van der Waals surface area contributed by atoms with Crippen LogP contribution in [0.4, 0.5) is 0 Å². The molecular weight excluding hydrogens is 324 g/mol. The molecule has 2 aromatic heterocycles. The number of rotatable bonds is 6. The lowest BCUT2D eigenvalue weighted by atomic mass is 10.2. The van der Waals surface area contributed by atoms with Gasteiger partial charge in [0.05, 0.1) is 23.4 Å². The summed E-state index contributed by atoms with van der Waals surface area (Å²) in [5.41, 5.74) is 1.12. The molecule has 2 aromatic rings. The molecule has 1 aliphatic rings. The first-order valence-corrected chi connectivity index (χ1v) is 9.27. The van der Waals surface area contributed by atoms with Crippen LogP contribution in [0.2, 0.25) is 0 Å². The van der Waals surface area contributed by atoms with Crippen molar-refractivity contribution in [2.45, 2.75) is 52.7 Å². The minimum atomic E-state index is 0.0719. The summed E-state index contributed by atoms with van der Waals surface area (Å²) in [4.78, 5) is 25.2. The van der Waals surface area contributed by atoms with Crippen molar-refractivity contribution in [1.82, 2.24) is 19.8 Å². The number of carbonyl (C=O) groups is 1. The topological polar surface area (TPSA) is 62.5 Å². The maximum absolute atomic E-state index is 12.1. The highest BCUT2D eigenvalue weighted by Crippen LogP contribution is 2.21. The molecule has 0 aromatic carbocycles. The molecule has 130 valence electrons. The summed E-state index contributed by atoms with van der Waals surface area (Å²) in [6.07, 6.45) is 3.54. The van der Waals surface area contributed by atoms with E-state index < -0.39 is 0 Å². The van der Waals surface area contributed by atoms with Gasteiger partial charge in [-0.15, -0.1) is 11.3 Å². The Hall–Kier alpha value is -1.73. The Kier molecular flexibility index (Phi) is 5.30. The molecule has 0 unspecified atom stereocenters. The van der Waals surface area contributed by atoms with E-state index in [2.05, 4.69) is 20.2 Å². The molecule has 1 fully saturated rings. The third-order valence-electron chi connectivity index (χ3n) is 4.40. The SMILES string of the molecule is CCc1cnc(CN(C(C)=O)[C@H]2CCN(Cc3csc(C)n3)C2)o1. The Balaban J connectivity index is 1.61. The van der Waals surface area contributed by atoms with E-state index in [1.807, 2.05) is 18.7 Å². The molecule has 3 heterocycles. The summed E-state index contributed by atoms with van der Waals surface area (Å²) in [6.45, 7) is 8.83. The number of thiazole rings is 1. The number of hydrogen-bond donors (Lipinski definition) is 0. The molecular formula is C17H24N4O2S. The Morgan fingerprint density at radius 2 is 2.38 bits per heavy atom. The van der Waals surface area contributed by atoms with E-state index in [-0.39, 0.29) is 11.9 Å². The highest BCUT2D eigenvalue weighted by molar-refractivity contribution is 7.09. The highest BCUT2D eigenvalue weighted by Gasteiger charge is 2.30. The van der Waals surface area contributed by atoms with Gasteiger partial charge in [0.1, 0.15) is 5.76 Å². The fourth-order valence-electron chi connectivity index (χ4n) is 3.15. The first-order chi connectivity index (χ1) is 11.5.